The third-order valence-electron chi connectivity index (χ3n) is 3.16. The third kappa shape index (κ3) is 13.7. The van der Waals surface area contributed by atoms with Crippen molar-refractivity contribution in [3.63, 3.8) is 0 Å². The first-order valence-electron chi connectivity index (χ1n) is 8.45. The summed E-state index contributed by atoms with van der Waals surface area (Å²) in [6.45, 7) is 12.3. The Morgan fingerprint density at radius 1 is 1.05 bits per heavy atom. The lowest BCUT2D eigenvalue weighted by Crippen LogP contribution is -2.26. The van der Waals surface area contributed by atoms with Crippen LogP contribution in [0.1, 0.15) is 52.4 Å². The average Bonchev–Trinajstić information content (AvgIpc) is 2.42. The summed E-state index contributed by atoms with van der Waals surface area (Å²) in [5.74, 6) is 0. The minimum absolute atomic E-state index is 0.130. The highest BCUT2D eigenvalue weighted by Gasteiger charge is 2.16. The van der Waals surface area contributed by atoms with Gasteiger partial charge in [-0.05, 0) is 12.8 Å². The van der Waals surface area contributed by atoms with E-state index < -0.39 is 8.07 Å². The molecule has 0 aromatic carbocycles. The highest BCUT2D eigenvalue weighted by Crippen LogP contribution is 2.15. The number of alkyl halides is 1. The van der Waals surface area contributed by atoms with Gasteiger partial charge in [-0.2, -0.15) is 0 Å². The van der Waals surface area contributed by atoms with Crippen LogP contribution in [0.2, 0.25) is 19.6 Å². The van der Waals surface area contributed by atoms with Crippen molar-refractivity contribution in [3.05, 3.63) is 11.8 Å². The first-order chi connectivity index (χ1) is 9.92. The Morgan fingerprint density at radius 3 is 2.24 bits per heavy atom. The maximum atomic E-state index is 6.15. The van der Waals surface area contributed by atoms with E-state index in [-0.39, 0.29) is 12.4 Å². The minimum Gasteiger partial charge on any atom is -0.352 e. The summed E-state index contributed by atoms with van der Waals surface area (Å²) in [4.78, 5) is 0. The van der Waals surface area contributed by atoms with Crippen LogP contribution in [0.15, 0.2) is 11.8 Å². The Hall–Kier alpha value is 0.357. The molecule has 0 aromatic rings. The second kappa shape index (κ2) is 12.9. The summed E-state index contributed by atoms with van der Waals surface area (Å²) in [6, 6.07) is 0. The normalized spacial score (nSPS) is 15.5. The summed E-state index contributed by atoms with van der Waals surface area (Å²) < 4.78 is 12.0. The van der Waals surface area contributed by atoms with Crippen LogP contribution in [0, 0.1) is 0 Å². The van der Waals surface area contributed by atoms with Crippen molar-refractivity contribution in [2.45, 2.75) is 84.4 Å². The van der Waals surface area contributed by atoms with Gasteiger partial charge < -0.3 is 9.47 Å². The Kier molecular flexibility index (Phi) is 13.1. The van der Waals surface area contributed by atoms with Gasteiger partial charge in [0, 0.05) is 6.61 Å². The lowest BCUT2D eigenvalue weighted by atomic mass is 10.1. The summed E-state index contributed by atoms with van der Waals surface area (Å²) >= 11 is 3.50. The molecule has 0 aromatic heterocycles. The molecule has 2 atom stereocenters. The fourth-order valence-electron chi connectivity index (χ4n) is 1.88. The second-order valence-electron chi connectivity index (χ2n) is 6.70. The highest BCUT2D eigenvalue weighted by atomic mass is 79.9. The van der Waals surface area contributed by atoms with Crippen molar-refractivity contribution in [2.24, 2.45) is 0 Å². The smallest absolute Gasteiger partial charge is 0.167 e. The van der Waals surface area contributed by atoms with Gasteiger partial charge in [0.2, 0.25) is 0 Å². The molecule has 0 saturated carbocycles. The predicted molar refractivity (Wildman–Crippen MR) is 99.9 cm³/mol. The number of rotatable bonds is 13. The standard InChI is InChI=1S/C17H35BrO2Si/c1-6-8-10-11-16(12-14-21(3,4)5)20-17(15-18)19-13-9-7-2/h12,14,16-17H,6-11,13,15H2,1-5H3/b14-12+/t16-,17?/m0/s1. The van der Waals surface area contributed by atoms with Gasteiger partial charge in [-0.15, -0.1) is 0 Å². The van der Waals surface area contributed by atoms with Crippen LogP contribution in [0.4, 0.5) is 0 Å². The lowest BCUT2D eigenvalue weighted by molar-refractivity contribution is -0.147. The Morgan fingerprint density at radius 2 is 1.71 bits per heavy atom. The molecule has 0 heterocycles. The van der Waals surface area contributed by atoms with E-state index in [9.17, 15) is 0 Å². The molecule has 0 aliphatic carbocycles. The van der Waals surface area contributed by atoms with E-state index in [1.807, 2.05) is 0 Å². The largest absolute Gasteiger partial charge is 0.352 e. The first-order valence-corrected chi connectivity index (χ1v) is 13.1. The zero-order valence-corrected chi connectivity index (χ0v) is 17.2. The second-order valence-corrected chi connectivity index (χ2v) is 12.4. The maximum absolute atomic E-state index is 6.15. The molecule has 0 aliphatic rings. The fourth-order valence-corrected chi connectivity index (χ4v) is 3.01. The highest BCUT2D eigenvalue weighted by molar-refractivity contribution is 9.09. The van der Waals surface area contributed by atoms with E-state index in [0.717, 1.165) is 31.2 Å². The number of halogens is 1. The van der Waals surface area contributed by atoms with Gasteiger partial charge in [0.25, 0.3) is 0 Å². The molecule has 21 heavy (non-hydrogen) atoms. The van der Waals surface area contributed by atoms with Crippen LogP contribution in [-0.4, -0.2) is 32.4 Å². The van der Waals surface area contributed by atoms with Crippen molar-refractivity contribution in [1.29, 1.82) is 0 Å². The van der Waals surface area contributed by atoms with Crippen LogP contribution in [0.25, 0.3) is 0 Å². The number of ether oxygens (including phenoxy) is 2. The molecule has 126 valence electrons. The van der Waals surface area contributed by atoms with Crippen molar-refractivity contribution >= 4 is 24.0 Å². The first kappa shape index (κ1) is 21.4. The van der Waals surface area contributed by atoms with Crippen molar-refractivity contribution in [2.75, 3.05) is 11.9 Å². The molecule has 2 nitrogen and oxygen atoms in total. The maximum Gasteiger partial charge on any atom is 0.167 e. The van der Waals surface area contributed by atoms with Crippen LogP contribution in [0.3, 0.4) is 0 Å². The molecule has 1 unspecified atom stereocenters. The molecule has 0 radical (unpaired) electrons. The zero-order valence-electron chi connectivity index (χ0n) is 14.7. The van der Waals surface area contributed by atoms with Crippen LogP contribution in [0.5, 0.6) is 0 Å². The van der Waals surface area contributed by atoms with Crippen LogP contribution < -0.4 is 0 Å². The van der Waals surface area contributed by atoms with Gasteiger partial charge in [0.05, 0.1) is 19.5 Å². The number of hydrogen-bond acceptors (Lipinski definition) is 2. The molecule has 0 rings (SSSR count). The number of hydrogen-bond donors (Lipinski definition) is 0. The molecule has 0 fully saturated rings. The monoisotopic (exact) mass is 378 g/mol. The molecule has 0 bridgehead atoms. The SMILES string of the molecule is CCCCC[C@@H](/C=C/[Si](C)(C)C)OC(CBr)OCCCC. The van der Waals surface area contributed by atoms with Gasteiger partial charge in [0.1, 0.15) is 0 Å². The molecule has 0 spiro atoms. The fraction of sp³-hybridized carbons (Fsp3) is 0.882. The predicted octanol–water partition coefficient (Wildman–Crippen LogP) is 5.92. The molecule has 0 N–H and O–H groups in total. The van der Waals surface area contributed by atoms with E-state index in [1.54, 1.807) is 0 Å². The quantitative estimate of drug-likeness (QED) is 0.171. The molecule has 0 saturated heterocycles. The summed E-state index contributed by atoms with van der Waals surface area (Å²) in [6.07, 6.45) is 9.43. The van der Waals surface area contributed by atoms with Crippen molar-refractivity contribution < 1.29 is 9.47 Å². The van der Waals surface area contributed by atoms with Gasteiger partial charge in [-0.25, -0.2) is 0 Å². The summed E-state index contributed by atoms with van der Waals surface area (Å²) in [7, 11) is -1.17. The molecular formula is C17H35BrO2Si. The topological polar surface area (TPSA) is 18.5 Å². The molecule has 4 heteroatoms. The third-order valence-corrected chi connectivity index (χ3v) is 4.88. The van der Waals surface area contributed by atoms with Crippen LogP contribution in [-0.2, 0) is 9.47 Å². The van der Waals surface area contributed by atoms with Gasteiger partial charge in [0.15, 0.2) is 6.29 Å². The van der Waals surface area contributed by atoms with Gasteiger partial charge >= 0.3 is 0 Å². The van der Waals surface area contributed by atoms with Gasteiger partial charge in [-0.3, -0.25) is 0 Å². The Bertz CT molecular complexity index is 264. The zero-order chi connectivity index (χ0) is 16.1. The number of unbranched alkanes of at least 4 members (excludes halogenated alkanes) is 3. The molecule has 0 aliphatic heterocycles. The molecule has 0 amide bonds. The van der Waals surface area contributed by atoms with E-state index in [4.69, 9.17) is 9.47 Å². The van der Waals surface area contributed by atoms with E-state index in [2.05, 4.69) is 61.2 Å². The molecular weight excluding hydrogens is 344 g/mol. The van der Waals surface area contributed by atoms with E-state index >= 15 is 0 Å². The van der Waals surface area contributed by atoms with E-state index in [0.29, 0.717) is 0 Å². The summed E-state index contributed by atoms with van der Waals surface area (Å²) in [5.41, 5.74) is 2.39. The van der Waals surface area contributed by atoms with Gasteiger partial charge in [-0.1, -0.05) is 86.9 Å². The Labute approximate surface area is 141 Å². The van der Waals surface area contributed by atoms with Crippen molar-refractivity contribution in [3.8, 4) is 0 Å². The minimum atomic E-state index is -1.17. The van der Waals surface area contributed by atoms with E-state index in [1.165, 1.54) is 19.3 Å². The summed E-state index contributed by atoms with van der Waals surface area (Å²) in [5, 5.41) is 0.738. The lowest BCUT2D eigenvalue weighted by Gasteiger charge is -2.23. The Balaban J connectivity index is 4.43. The average molecular weight is 379 g/mol. The van der Waals surface area contributed by atoms with Crippen LogP contribution >= 0.6 is 15.9 Å². The van der Waals surface area contributed by atoms with Crippen molar-refractivity contribution in [1.82, 2.24) is 0 Å².